The lowest BCUT2D eigenvalue weighted by atomic mass is 9.95. The Hall–Kier alpha value is -4.73. The SMILES string of the molecule is COc1cc(/C=C/C(=O)OCCCCO[N+](=O)[O-])ccc1OC(=O)C(C)(F)c1ccc(-c2ccccc2)cc1. The molecule has 0 fully saturated rings. The summed E-state index contributed by atoms with van der Waals surface area (Å²) < 4.78 is 31.2. The van der Waals surface area contributed by atoms with Crippen LogP contribution in [0.15, 0.2) is 78.9 Å². The first-order valence-electron chi connectivity index (χ1n) is 12.1. The number of hydrogen-bond donors (Lipinski definition) is 0. The first-order chi connectivity index (χ1) is 18.7. The van der Waals surface area contributed by atoms with E-state index in [0.717, 1.165) is 18.1 Å². The van der Waals surface area contributed by atoms with Crippen molar-refractivity contribution in [2.75, 3.05) is 20.3 Å². The van der Waals surface area contributed by atoms with Gasteiger partial charge in [0.15, 0.2) is 11.5 Å². The van der Waals surface area contributed by atoms with E-state index < -0.39 is 22.7 Å². The summed E-state index contributed by atoms with van der Waals surface area (Å²) in [6, 6.07) is 20.7. The highest BCUT2D eigenvalue weighted by atomic mass is 19.1. The van der Waals surface area contributed by atoms with Gasteiger partial charge in [-0.3, -0.25) is 0 Å². The van der Waals surface area contributed by atoms with Gasteiger partial charge in [0.1, 0.15) is 0 Å². The van der Waals surface area contributed by atoms with Crippen molar-refractivity contribution in [3.05, 3.63) is 100 Å². The summed E-state index contributed by atoms with van der Waals surface area (Å²) in [5, 5.41) is 9.19. The number of methoxy groups -OCH3 is 1. The van der Waals surface area contributed by atoms with Crippen molar-refractivity contribution in [3.8, 4) is 22.6 Å². The summed E-state index contributed by atoms with van der Waals surface area (Å²) in [4.78, 5) is 38.9. The first kappa shape index (κ1) is 28.8. The van der Waals surface area contributed by atoms with Crippen molar-refractivity contribution in [2.24, 2.45) is 0 Å². The molecule has 3 rings (SSSR count). The fourth-order valence-corrected chi connectivity index (χ4v) is 3.52. The second-order valence-corrected chi connectivity index (χ2v) is 8.51. The molecule has 9 nitrogen and oxygen atoms in total. The lowest BCUT2D eigenvalue weighted by Crippen LogP contribution is -2.32. The Labute approximate surface area is 224 Å². The van der Waals surface area contributed by atoms with Crippen LogP contribution in [-0.4, -0.2) is 37.3 Å². The number of carbonyl (C=O) groups excluding carboxylic acids is 2. The fraction of sp³-hybridized carbons (Fsp3) is 0.241. The second kappa shape index (κ2) is 13.7. The third-order valence-corrected chi connectivity index (χ3v) is 5.70. The molecule has 0 bridgehead atoms. The zero-order valence-electron chi connectivity index (χ0n) is 21.5. The topological polar surface area (TPSA) is 114 Å². The largest absolute Gasteiger partial charge is 0.493 e. The van der Waals surface area contributed by atoms with Crippen LogP contribution in [0.4, 0.5) is 4.39 Å². The number of rotatable bonds is 13. The lowest BCUT2D eigenvalue weighted by molar-refractivity contribution is -0.757. The van der Waals surface area contributed by atoms with Crippen LogP contribution in [0.5, 0.6) is 11.5 Å². The summed E-state index contributed by atoms with van der Waals surface area (Å²) >= 11 is 0. The summed E-state index contributed by atoms with van der Waals surface area (Å²) in [6.45, 7) is 1.15. The highest BCUT2D eigenvalue weighted by molar-refractivity contribution is 5.87. The number of ether oxygens (including phenoxy) is 3. The molecule has 3 aromatic rings. The monoisotopic (exact) mass is 537 g/mol. The zero-order chi connectivity index (χ0) is 28.3. The maximum absolute atomic E-state index is 15.6. The van der Waals surface area contributed by atoms with E-state index in [-0.39, 0.29) is 30.3 Å². The minimum absolute atomic E-state index is 0.0175. The molecule has 10 heteroatoms. The summed E-state index contributed by atoms with van der Waals surface area (Å²) in [6.07, 6.45) is 3.45. The van der Waals surface area contributed by atoms with Gasteiger partial charge in [-0.05, 0) is 54.7 Å². The molecule has 0 N–H and O–H groups in total. The molecule has 0 heterocycles. The maximum Gasteiger partial charge on any atom is 0.353 e. The average molecular weight is 538 g/mol. The van der Waals surface area contributed by atoms with Crippen LogP contribution >= 0.6 is 0 Å². The Morgan fingerprint density at radius 1 is 0.949 bits per heavy atom. The molecule has 0 aliphatic heterocycles. The van der Waals surface area contributed by atoms with Crippen molar-refractivity contribution in [1.29, 1.82) is 0 Å². The quantitative estimate of drug-likeness (QED) is 0.0682. The molecule has 0 saturated carbocycles. The smallest absolute Gasteiger partial charge is 0.353 e. The molecular formula is C29H28FNO8. The second-order valence-electron chi connectivity index (χ2n) is 8.51. The number of carbonyl (C=O) groups is 2. The van der Waals surface area contributed by atoms with E-state index in [1.807, 2.05) is 30.3 Å². The van der Waals surface area contributed by atoms with Crippen LogP contribution in [0.2, 0.25) is 0 Å². The number of nitrogens with zero attached hydrogens (tertiary/aromatic N) is 1. The van der Waals surface area contributed by atoms with E-state index >= 15 is 4.39 Å². The summed E-state index contributed by atoms with van der Waals surface area (Å²) in [5.41, 5.74) is 0.134. The van der Waals surface area contributed by atoms with Crippen molar-refractivity contribution in [2.45, 2.75) is 25.4 Å². The molecule has 39 heavy (non-hydrogen) atoms. The van der Waals surface area contributed by atoms with Crippen LogP contribution in [0.1, 0.15) is 30.9 Å². The van der Waals surface area contributed by atoms with Crippen LogP contribution in [0, 0.1) is 10.1 Å². The Morgan fingerprint density at radius 2 is 1.62 bits per heavy atom. The van der Waals surface area contributed by atoms with Gasteiger partial charge in [-0.1, -0.05) is 60.7 Å². The summed E-state index contributed by atoms with van der Waals surface area (Å²) in [7, 11) is 1.37. The van der Waals surface area contributed by atoms with E-state index in [1.165, 1.54) is 31.4 Å². The molecule has 204 valence electrons. The highest BCUT2D eigenvalue weighted by Gasteiger charge is 2.38. The number of unbranched alkanes of at least 4 members (excludes halogenated alkanes) is 1. The molecule has 1 unspecified atom stereocenters. The Bertz CT molecular complexity index is 1310. The van der Waals surface area contributed by atoms with Gasteiger partial charge in [-0.15, -0.1) is 10.1 Å². The number of esters is 2. The summed E-state index contributed by atoms with van der Waals surface area (Å²) in [5.74, 6) is -1.53. The van der Waals surface area contributed by atoms with E-state index in [1.54, 1.807) is 30.3 Å². The van der Waals surface area contributed by atoms with Crippen LogP contribution < -0.4 is 9.47 Å². The molecule has 0 aromatic heterocycles. The highest BCUT2D eigenvalue weighted by Crippen LogP contribution is 2.34. The minimum atomic E-state index is -2.42. The van der Waals surface area contributed by atoms with E-state index in [4.69, 9.17) is 14.2 Å². The van der Waals surface area contributed by atoms with Gasteiger partial charge >= 0.3 is 11.9 Å². The average Bonchev–Trinajstić information content (AvgIpc) is 2.94. The molecule has 0 saturated heterocycles. The molecule has 0 aliphatic carbocycles. The Balaban J connectivity index is 1.59. The number of hydrogen-bond acceptors (Lipinski definition) is 8. The predicted octanol–water partition coefficient (Wildman–Crippen LogP) is 5.70. The number of benzene rings is 3. The van der Waals surface area contributed by atoms with E-state index in [2.05, 4.69) is 4.84 Å². The maximum atomic E-state index is 15.6. The van der Waals surface area contributed by atoms with Crippen molar-refractivity contribution < 1.29 is 38.1 Å². The van der Waals surface area contributed by atoms with Crippen LogP contribution in [0.25, 0.3) is 17.2 Å². The van der Waals surface area contributed by atoms with E-state index in [9.17, 15) is 19.7 Å². The van der Waals surface area contributed by atoms with Crippen molar-refractivity contribution >= 4 is 18.0 Å². The number of alkyl halides is 1. The predicted molar refractivity (Wildman–Crippen MR) is 141 cm³/mol. The van der Waals surface area contributed by atoms with E-state index in [0.29, 0.717) is 18.4 Å². The van der Waals surface area contributed by atoms with Gasteiger partial charge in [0.05, 0.1) is 20.3 Å². The third kappa shape index (κ3) is 8.39. The Kier molecular flexibility index (Phi) is 10.1. The molecule has 1 atom stereocenters. The fourth-order valence-electron chi connectivity index (χ4n) is 3.52. The van der Waals surface area contributed by atoms with Gasteiger partial charge in [0.25, 0.3) is 5.09 Å². The molecule has 3 aromatic carbocycles. The first-order valence-corrected chi connectivity index (χ1v) is 12.1. The molecule has 0 amide bonds. The van der Waals surface area contributed by atoms with Crippen molar-refractivity contribution in [1.82, 2.24) is 0 Å². The lowest BCUT2D eigenvalue weighted by Gasteiger charge is -2.20. The van der Waals surface area contributed by atoms with Gasteiger partial charge in [-0.2, -0.15) is 0 Å². The van der Waals surface area contributed by atoms with Crippen LogP contribution in [-0.2, 0) is 24.8 Å². The van der Waals surface area contributed by atoms with Crippen LogP contribution in [0.3, 0.4) is 0 Å². The molecule has 0 aliphatic rings. The molecular weight excluding hydrogens is 509 g/mol. The number of halogens is 1. The Morgan fingerprint density at radius 3 is 2.28 bits per heavy atom. The van der Waals surface area contributed by atoms with Crippen molar-refractivity contribution in [3.63, 3.8) is 0 Å². The normalized spacial score (nSPS) is 12.4. The van der Waals surface area contributed by atoms with Gasteiger partial charge < -0.3 is 19.0 Å². The standard InChI is InChI=1S/C29H28FNO8/c1-29(30,24-14-12-23(13-15-24)22-8-4-3-5-9-22)28(33)39-25-16-10-21(20-26(25)36-2)11-17-27(32)37-18-6-7-19-38-31(34)35/h3-5,8-17,20H,6-7,18-19H2,1-2H3/b17-11+. The van der Waals surface area contributed by atoms with Gasteiger partial charge in [-0.25, -0.2) is 14.0 Å². The molecule has 0 radical (unpaired) electrons. The zero-order valence-corrected chi connectivity index (χ0v) is 21.5. The minimum Gasteiger partial charge on any atom is -0.493 e. The van der Waals surface area contributed by atoms with Gasteiger partial charge in [0, 0.05) is 11.6 Å². The van der Waals surface area contributed by atoms with Gasteiger partial charge in [0.2, 0.25) is 5.67 Å². The molecule has 0 spiro atoms. The third-order valence-electron chi connectivity index (χ3n) is 5.70.